The summed E-state index contributed by atoms with van der Waals surface area (Å²) in [5.41, 5.74) is -3.72. The fourth-order valence-corrected chi connectivity index (χ4v) is 3.12. The molecule has 2 atom stereocenters. The van der Waals surface area contributed by atoms with Gasteiger partial charge in [0.15, 0.2) is 5.78 Å². The van der Waals surface area contributed by atoms with Gasteiger partial charge >= 0.3 is 6.18 Å². The largest absolute Gasteiger partial charge is 0.416 e. The molecule has 0 radical (unpaired) electrons. The molecular weight excluding hydrogens is 323 g/mol. The lowest BCUT2D eigenvalue weighted by Crippen LogP contribution is -2.61. The SMILES string of the molecule is CCC(=O)N[C@@]1(c2ccc(C(F)(F)F)cc2)CCC[C@](C)(O)C1=O. The summed E-state index contributed by atoms with van der Waals surface area (Å²) in [4.78, 5) is 24.7. The van der Waals surface area contributed by atoms with Crippen molar-refractivity contribution in [3.63, 3.8) is 0 Å². The molecule has 132 valence electrons. The van der Waals surface area contributed by atoms with Gasteiger partial charge in [-0.3, -0.25) is 9.59 Å². The van der Waals surface area contributed by atoms with Gasteiger partial charge in [0, 0.05) is 6.42 Å². The Kier molecular flexibility index (Phi) is 4.77. The maximum Gasteiger partial charge on any atom is 0.416 e. The average molecular weight is 343 g/mol. The number of hydrogen-bond acceptors (Lipinski definition) is 3. The van der Waals surface area contributed by atoms with Crippen molar-refractivity contribution in [2.75, 3.05) is 0 Å². The van der Waals surface area contributed by atoms with Crippen molar-refractivity contribution in [2.24, 2.45) is 0 Å². The zero-order chi connectivity index (χ0) is 18.2. The quantitative estimate of drug-likeness (QED) is 0.887. The van der Waals surface area contributed by atoms with Gasteiger partial charge < -0.3 is 10.4 Å². The molecule has 0 bridgehead atoms. The molecule has 1 aromatic rings. The Labute approximate surface area is 138 Å². The molecule has 4 nitrogen and oxygen atoms in total. The van der Waals surface area contributed by atoms with E-state index in [1.54, 1.807) is 6.92 Å². The number of Topliss-reactive ketones (excluding diaryl/α,β-unsaturated/α-hetero) is 1. The predicted octanol–water partition coefficient (Wildman–Crippen LogP) is 2.93. The predicted molar refractivity (Wildman–Crippen MR) is 81.0 cm³/mol. The molecule has 2 N–H and O–H groups in total. The number of carbonyl (C=O) groups excluding carboxylic acids is 2. The number of ketones is 1. The zero-order valence-corrected chi connectivity index (χ0v) is 13.5. The number of alkyl halides is 3. The molecule has 0 unspecified atom stereocenters. The number of benzene rings is 1. The zero-order valence-electron chi connectivity index (χ0n) is 13.5. The van der Waals surface area contributed by atoms with Gasteiger partial charge in [0.25, 0.3) is 0 Å². The first kappa shape index (κ1) is 18.4. The van der Waals surface area contributed by atoms with Crippen LogP contribution < -0.4 is 5.32 Å². The van der Waals surface area contributed by atoms with E-state index >= 15 is 0 Å². The molecule has 1 saturated carbocycles. The second-order valence-corrected chi connectivity index (χ2v) is 6.34. The van der Waals surface area contributed by atoms with Crippen molar-refractivity contribution in [3.8, 4) is 0 Å². The van der Waals surface area contributed by atoms with Crippen LogP contribution in [0.3, 0.4) is 0 Å². The highest BCUT2D eigenvalue weighted by molar-refractivity contribution is 5.99. The fourth-order valence-electron chi connectivity index (χ4n) is 3.12. The number of carbonyl (C=O) groups is 2. The van der Waals surface area contributed by atoms with E-state index in [0.717, 1.165) is 12.1 Å². The summed E-state index contributed by atoms with van der Waals surface area (Å²) in [7, 11) is 0. The van der Waals surface area contributed by atoms with Crippen molar-refractivity contribution >= 4 is 11.7 Å². The van der Waals surface area contributed by atoms with Crippen molar-refractivity contribution in [2.45, 2.75) is 56.8 Å². The van der Waals surface area contributed by atoms with E-state index in [9.17, 15) is 27.9 Å². The van der Waals surface area contributed by atoms with Crippen LogP contribution in [0.5, 0.6) is 0 Å². The standard InChI is InChI=1S/C17H20F3NO3/c1-3-13(22)21-16(10-4-9-15(2,24)14(16)23)11-5-7-12(8-6-11)17(18,19)20/h5-8,24H,3-4,9-10H2,1-2H3,(H,21,22)/t15-,16+/m0/s1. The molecule has 1 aromatic carbocycles. The van der Waals surface area contributed by atoms with Crippen LogP contribution in [0, 0.1) is 0 Å². The number of rotatable bonds is 3. The molecule has 7 heteroatoms. The molecule has 0 saturated heterocycles. The van der Waals surface area contributed by atoms with Gasteiger partial charge in [-0.2, -0.15) is 13.2 Å². The van der Waals surface area contributed by atoms with Crippen LogP contribution in [-0.2, 0) is 21.3 Å². The highest BCUT2D eigenvalue weighted by Gasteiger charge is 2.52. The molecule has 2 rings (SSSR count). The maximum absolute atomic E-state index is 12.8. The minimum Gasteiger partial charge on any atom is -0.382 e. The summed E-state index contributed by atoms with van der Waals surface area (Å²) in [5.74, 6) is -0.997. The van der Waals surface area contributed by atoms with Crippen LogP contribution in [0.4, 0.5) is 13.2 Å². The molecule has 1 fully saturated rings. The molecule has 0 aliphatic heterocycles. The normalized spacial score (nSPS) is 27.8. The van der Waals surface area contributed by atoms with Crippen LogP contribution in [-0.4, -0.2) is 22.4 Å². The highest BCUT2D eigenvalue weighted by Crippen LogP contribution is 2.40. The van der Waals surface area contributed by atoms with Gasteiger partial charge in [-0.15, -0.1) is 0 Å². The summed E-state index contributed by atoms with van der Waals surface area (Å²) in [5, 5.41) is 13.0. The molecule has 1 aliphatic rings. The smallest absolute Gasteiger partial charge is 0.382 e. The van der Waals surface area contributed by atoms with Crippen LogP contribution in [0.1, 0.15) is 50.7 Å². The van der Waals surface area contributed by atoms with Gasteiger partial charge in [-0.05, 0) is 43.9 Å². The van der Waals surface area contributed by atoms with Crippen molar-refractivity contribution < 1.29 is 27.9 Å². The van der Waals surface area contributed by atoms with E-state index in [-0.39, 0.29) is 24.8 Å². The summed E-state index contributed by atoms with van der Waals surface area (Å²) < 4.78 is 38.2. The Morgan fingerprint density at radius 1 is 1.25 bits per heavy atom. The topological polar surface area (TPSA) is 66.4 Å². The van der Waals surface area contributed by atoms with Crippen molar-refractivity contribution in [1.82, 2.24) is 5.32 Å². The Morgan fingerprint density at radius 2 is 1.83 bits per heavy atom. The minimum absolute atomic E-state index is 0.123. The van der Waals surface area contributed by atoms with Crippen LogP contribution in [0.15, 0.2) is 24.3 Å². The first-order valence-corrected chi connectivity index (χ1v) is 7.79. The lowest BCUT2D eigenvalue weighted by molar-refractivity contribution is -0.151. The number of halogens is 3. The van der Waals surface area contributed by atoms with E-state index in [4.69, 9.17) is 0 Å². The van der Waals surface area contributed by atoms with Gasteiger partial charge in [0.1, 0.15) is 11.1 Å². The molecule has 0 spiro atoms. The third-order valence-corrected chi connectivity index (χ3v) is 4.47. The molecule has 1 aliphatic carbocycles. The summed E-state index contributed by atoms with van der Waals surface area (Å²) >= 11 is 0. The molecule has 0 aromatic heterocycles. The number of aliphatic hydroxyl groups is 1. The maximum atomic E-state index is 12.8. The monoisotopic (exact) mass is 343 g/mol. The van der Waals surface area contributed by atoms with Crippen LogP contribution in [0.25, 0.3) is 0 Å². The minimum atomic E-state index is -4.49. The number of hydrogen-bond donors (Lipinski definition) is 2. The van der Waals surface area contributed by atoms with Gasteiger partial charge in [-0.1, -0.05) is 19.1 Å². The van der Waals surface area contributed by atoms with Crippen LogP contribution in [0.2, 0.25) is 0 Å². The van der Waals surface area contributed by atoms with E-state index < -0.39 is 34.6 Å². The van der Waals surface area contributed by atoms with Crippen molar-refractivity contribution in [3.05, 3.63) is 35.4 Å². The second kappa shape index (κ2) is 6.20. The van der Waals surface area contributed by atoms with E-state index in [0.29, 0.717) is 6.42 Å². The molecule has 0 heterocycles. The van der Waals surface area contributed by atoms with Crippen molar-refractivity contribution in [1.29, 1.82) is 0 Å². The Bertz CT molecular complexity index is 637. The Hall–Kier alpha value is -1.89. The molecule has 1 amide bonds. The number of nitrogens with one attached hydrogen (secondary N) is 1. The lowest BCUT2D eigenvalue weighted by Gasteiger charge is -2.43. The first-order chi connectivity index (χ1) is 11.0. The third-order valence-electron chi connectivity index (χ3n) is 4.47. The third kappa shape index (κ3) is 3.31. The van der Waals surface area contributed by atoms with E-state index in [2.05, 4.69) is 5.32 Å². The fraction of sp³-hybridized carbons (Fsp3) is 0.529. The van der Waals surface area contributed by atoms with Gasteiger partial charge in [0.05, 0.1) is 5.56 Å². The molecular formula is C17H20F3NO3. The number of amides is 1. The Balaban J connectivity index is 2.51. The Morgan fingerprint density at radius 3 is 2.33 bits per heavy atom. The van der Waals surface area contributed by atoms with Gasteiger partial charge in [0.2, 0.25) is 5.91 Å². The van der Waals surface area contributed by atoms with Gasteiger partial charge in [-0.25, -0.2) is 0 Å². The summed E-state index contributed by atoms with van der Waals surface area (Å²) in [6.07, 6.45) is -3.42. The van der Waals surface area contributed by atoms with E-state index in [1.807, 2.05) is 0 Å². The first-order valence-electron chi connectivity index (χ1n) is 7.79. The molecule has 24 heavy (non-hydrogen) atoms. The highest BCUT2D eigenvalue weighted by atomic mass is 19.4. The average Bonchev–Trinajstić information content (AvgIpc) is 2.51. The van der Waals surface area contributed by atoms with Crippen LogP contribution >= 0.6 is 0 Å². The van der Waals surface area contributed by atoms with E-state index in [1.165, 1.54) is 19.1 Å². The second-order valence-electron chi connectivity index (χ2n) is 6.34. The summed E-state index contributed by atoms with van der Waals surface area (Å²) in [6, 6.07) is 4.15. The summed E-state index contributed by atoms with van der Waals surface area (Å²) in [6.45, 7) is 2.98. The lowest BCUT2D eigenvalue weighted by atomic mass is 9.69.